The van der Waals surface area contributed by atoms with Crippen LogP contribution >= 0.6 is 23.2 Å². The third-order valence-corrected chi connectivity index (χ3v) is 4.31. The summed E-state index contributed by atoms with van der Waals surface area (Å²) in [7, 11) is -2.52. The lowest BCUT2D eigenvalue weighted by molar-refractivity contribution is 0.185. The summed E-state index contributed by atoms with van der Waals surface area (Å²) >= 11 is 12.1. The van der Waals surface area contributed by atoms with Crippen LogP contribution in [0.2, 0.25) is 10.0 Å². The van der Waals surface area contributed by atoms with Crippen molar-refractivity contribution in [3.8, 4) is 11.4 Å². The summed E-state index contributed by atoms with van der Waals surface area (Å²) in [5.41, 5.74) is 0.461. The fourth-order valence-electron chi connectivity index (χ4n) is 1.76. The van der Waals surface area contributed by atoms with Gasteiger partial charge in [-0.1, -0.05) is 29.3 Å². The smallest absolute Gasteiger partial charge is 0.273 e. The zero-order valence-electron chi connectivity index (χ0n) is 11.0. The average Bonchev–Trinajstić information content (AvgIpc) is 2.83. The average molecular weight is 351 g/mol. The maximum absolute atomic E-state index is 11.6. The van der Waals surface area contributed by atoms with E-state index in [0.717, 1.165) is 0 Å². The third-order valence-electron chi connectivity index (χ3n) is 2.68. The highest BCUT2D eigenvalue weighted by Crippen LogP contribution is 2.33. The minimum absolute atomic E-state index is 0.202. The number of nitrogens with zero attached hydrogens (tertiary/aromatic N) is 3. The van der Waals surface area contributed by atoms with Crippen LogP contribution in [-0.2, 0) is 21.3 Å². The second kappa shape index (κ2) is 6.29. The van der Waals surface area contributed by atoms with Crippen LogP contribution in [0.4, 0.5) is 0 Å². The predicted molar refractivity (Wildman–Crippen MR) is 78.7 cm³/mol. The lowest BCUT2D eigenvalue weighted by Crippen LogP contribution is -2.20. The van der Waals surface area contributed by atoms with Crippen LogP contribution in [-0.4, -0.2) is 36.9 Å². The van der Waals surface area contributed by atoms with Gasteiger partial charge in [0.2, 0.25) is 0 Å². The molecule has 0 fully saturated rings. The van der Waals surface area contributed by atoms with E-state index in [1.54, 1.807) is 18.2 Å². The van der Waals surface area contributed by atoms with Gasteiger partial charge in [-0.25, -0.2) is 13.6 Å². The summed E-state index contributed by atoms with van der Waals surface area (Å²) in [6, 6.07) is 4.95. The van der Waals surface area contributed by atoms with Crippen LogP contribution < -0.4 is 5.14 Å². The molecule has 2 rings (SSSR count). The lowest BCUT2D eigenvalue weighted by atomic mass is 10.2. The van der Waals surface area contributed by atoms with Gasteiger partial charge >= 0.3 is 0 Å². The molecule has 0 unspecified atom stereocenters. The number of benzene rings is 1. The standard InChI is InChI=1S/C11H12Cl2N4O3S/c1-20-6-5-17-10(15-16-11(17)21(14,18)19)7-3-2-4-8(12)9(7)13/h2-4H,5-6H2,1H3,(H2,14,18,19). The molecule has 10 heteroatoms. The maximum Gasteiger partial charge on any atom is 0.273 e. The number of halogens is 2. The first-order chi connectivity index (χ1) is 9.86. The number of ether oxygens (including phenoxy) is 1. The fourth-order valence-corrected chi connectivity index (χ4v) is 2.78. The number of hydrogen-bond donors (Lipinski definition) is 1. The first-order valence-corrected chi connectivity index (χ1v) is 8.05. The van der Waals surface area contributed by atoms with Crippen LogP contribution in [0.3, 0.4) is 0 Å². The molecule has 0 spiro atoms. The largest absolute Gasteiger partial charge is 0.383 e. The highest BCUT2D eigenvalue weighted by Gasteiger charge is 2.23. The van der Waals surface area contributed by atoms with Crippen molar-refractivity contribution in [1.82, 2.24) is 14.8 Å². The Morgan fingerprint density at radius 2 is 2.05 bits per heavy atom. The highest BCUT2D eigenvalue weighted by atomic mass is 35.5. The molecule has 2 aromatic rings. The normalized spacial score (nSPS) is 11.8. The molecule has 0 aliphatic rings. The van der Waals surface area contributed by atoms with Gasteiger partial charge in [-0.05, 0) is 12.1 Å². The number of aromatic nitrogens is 3. The van der Waals surface area contributed by atoms with E-state index in [2.05, 4.69) is 10.2 Å². The summed E-state index contributed by atoms with van der Waals surface area (Å²) in [6.07, 6.45) is 0. The van der Waals surface area contributed by atoms with Crippen molar-refractivity contribution in [3.63, 3.8) is 0 Å². The number of nitrogens with two attached hydrogens (primary N) is 1. The van der Waals surface area contributed by atoms with Crippen LogP contribution in [0.15, 0.2) is 23.4 Å². The van der Waals surface area contributed by atoms with Crippen molar-refractivity contribution in [1.29, 1.82) is 0 Å². The highest BCUT2D eigenvalue weighted by molar-refractivity contribution is 7.89. The minimum Gasteiger partial charge on any atom is -0.383 e. The first-order valence-electron chi connectivity index (χ1n) is 5.75. The molecule has 0 bridgehead atoms. The molecule has 21 heavy (non-hydrogen) atoms. The number of primary sulfonamides is 1. The van der Waals surface area contributed by atoms with Crippen LogP contribution in [0.5, 0.6) is 0 Å². The Bertz CT molecular complexity index is 761. The third kappa shape index (κ3) is 3.35. The van der Waals surface area contributed by atoms with E-state index < -0.39 is 10.0 Å². The van der Waals surface area contributed by atoms with Gasteiger partial charge in [0.05, 0.1) is 23.2 Å². The van der Waals surface area contributed by atoms with Crippen LogP contribution in [0.25, 0.3) is 11.4 Å². The molecular formula is C11H12Cl2N4O3S. The number of methoxy groups -OCH3 is 1. The fraction of sp³-hybridized carbons (Fsp3) is 0.273. The Balaban J connectivity index is 2.64. The number of rotatable bonds is 5. The van der Waals surface area contributed by atoms with E-state index in [-0.39, 0.29) is 29.2 Å². The molecule has 7 nitrogen and oxygen atoms in total. The topological polar surface area (TPSA) is 100 Å². The van der Waals surface area contributed by atoms with Crippen LogP contribution in [0.1, 0.15) is 0 Å². The van der Waals surface area contributed by atoms with E-state index >= 15 is 0 Å². The van der Waals surface area contributed by atoms with Crippen molar-refractivity contribution >= 4 is 33.2 Å². The molecule has 2 N–H and O–H groups in total. The molecule has 1 heterocycles. The molecule has 1 aromatic heterocycles. The Labute approximate surface area is 131 Å². The van der Waals surface area contributed by atoms with Crippen LogP contribution in [0, 0.1) is 0 Å². The Hall–Kier alpha value is -1.19. The first kappa shape index (κ1) is 16.2. The quantitative estimate of drug-likeness (QED) is 0.881. The van der Waals surface area contributed by atoms with Gasteiger partial charge in [-0.2, -0.15) is 0 Å². The van der Waals surface area contributed by atoms with E-state index in [4.69, 9.17) is 33.1 Å². The zero-order valence-corrected chi connectivity index (χ0v) is 13.3. The summed E-state index contributed by atoms with van der Waals surface area (Å²) < 4.78 is 29.4. The van der Waals surface area contributed by atoms with Gasteiger partial charge in [-0.3, -0.25) is 4.57 Å². The van der Waals surface area contributed by atoms with E-state index in [0.29, 0.717) is 10.6 Å². The molecule has 114 valence electrons. The molecule has 0 aliphatic heterocycles. The summed E-state index contributed by atoms with van der Waals surface area (Å²) in [4.78, 5) is 0. The second-order valence-electron chi connectivity index (χ2n) is 4.10. The lowest BCUT2D eigenvalue weighted by Gasteiger charge is -2.10. The monoisotopic (exact) mass is 350 g/mol. The minimum atomic E-state index is -4.02. The van der Waals surface area contributed by atoms with E-state index in [1.165, 1.54) is 11.7 Å². The molecule has 0 atom stereocenters. The molecular weight excluding hydrogens is 339 g/mol. The molecule has 0 radical (unpaired) electrons. The predicted octanol–water partition coefficient (Wildman–Crippen LogP) is 1.55. The summed E-state index contributed by atoms with van der Waals surface area (Å²) in [6.45, 7) is 0.458. The maximum atomic E-state index is 11.6. The van der Waals surface area contributed by atoms with Gasteiger partial charge in [0.25, 0.3) is 15.2 Å². The SMILES string of the molecule is COCCn1c(-c2cccc(Cl)c2Cl)nnc1S(N)(=O)=O. The zero-order chi connectivity index (χ0) is 15.6. The Kier molecular flexibility index (Phi) is 4.84. The molecule has 0 saturated heterocycles. The van der Waals surface area contributed by atoms with E-state index in [9.17, 15) is 8.42 Å². The van der Waals surface area contributed by atoms with Gasteiger partial charge in [0, 0.05) is 12.7 Å². The van der Waals surface area contributed by atoms with Gasteiger partial charge in [0.1, 0.15) is 0 Å². The summed E-state index contributed by atoms with van der Waals surface area (Å²) in [5.74, 6) is 0.253. The van der Waals surface area contributed by atoms with Gasteiger partial charge in [0.15, 0.2) is 5.82 Å². The molecule has 1 aromatic carbocycles. The van der Waals surface area contributed by atoms with Crippen molar-refractivity contribution < 1.29 is 13.2 Å². The second-order valence-corrected chi connectivity index (χ2v) is 6.34. The van der Waals surface area contributed by atoms with Crippen molar-refractivity contribution in [3.05, 3.63) is 28.2 Å². The molecule has 0 aliphatic carbocycles. The summed E-state index contributed by atoms with van der Waals surface area (Å²) in [5, 5.41) is 12.9. The Morgan fingerprint density at radius 3 is 2.67 bits per heavy atom. The molecule has 0 amide bonds. The molecule has 0 saturated carbocycles. The van der Waals surface area contributed by atoms with Gasteiger partial charge in [-0.15, -0.1) is 10.2 Å². The van der Waals surface area contributed by atoms with Crippen molar-refractivity contribution in [2.45, 2.75) is 11.7 Å². The Morgan fingerprint density at radius 1 is 1.33 bits per heavy atom. The number of sulfonamides is 1. The van der Waals surface area contributed by atoms with Gasteiger partial charge < -0.3 is 4.74 Å². The van der Waals surface area contributed by atoms with Crippen molar-refractivity contribution in [2.75, 3.05) is 13.7 Å². The number of hydrogen-bond acceptors (Lipinski definition) is 5. The van der Waals surface area contributed by atoms with Crippen molar-refractivity contribution in [2.24, 2.45) is 5.14 Å². The van der Waals surface area contributed by atoms with E-state index in [1.807, 2.05) is 0 Å².